The van der Waals surface area contributed by atoms with Crippen LogP contribution in [0.15, 0.2) is 12.2 Å². The molecule has 8 nitrogen and oxygen atoms in total. The number of nitrogens with zero attached hydrogens (tertiary/aromatic N) is 1. The lowest BCUT2D eigenvalue weighted by molar-refractivity contribution is -0.870. The lowest BCUT2D eigenvalue weighted by atomic mass is 10.1. The molecule has 0 aliphatic carbocycles. The normalized spacial score (nSPS) is 14.4. The Labute approximate surface area is 252 Å². The first kappa shape index (κ1) is 40.2. The number of carbonyl (C=O) groups is 1. The number of carbonyl (C=O) groups excluding carboxylic acids is 1. The number of hydrogen-bond acceptors (Lipinski definition) is 7. The van der Waals surface area contributed by atoms with Gasteiger partial charge in [-0.15, -0.1) is 0 Å². The van der Waals surface area contributed by atoms with Crippen molar-refractivity contribution >= 4 is 13.8 Å². The van der Waals surface area contributed by atoms with Crippen LogP contribution in [0.2, 0.25) is 0 Å². The van der Waals surface area contributed by atoms with E-state index in [0.717, 1.165) is 44.9 Å². The van der Waals surface area contributed by atoms with E-state index in [1.165, 1.54) is 64.2 Å². The zero-order valence-corrected chi connectivity index (χ0v) is 28.1. The van der Waals surface area contributed by atoms with Crippen molar-refractivity contribution in [1.29, 1.82) is 0 Å². The Hall–Kier alpha value is -0.760. The second-order valence-electron chi connectivity index (χ2n) is 12.2. The zero-order valence-electron chi connectivity index (χ0n) is 27.2. The van der Waals surface area contributed by atoms with Crippen LogP contribution in [-0.2, 0) is 27.9 Å². The Balaban J connectivity index is 4.32. The number of phosphoric ester groups is 1. The molecule has 0 heterocycles. The van der Waals surface area contributed by atoms with Crippen LogP contribution in [0, 0.1) is 0 Å². The molecular weight excluding hydrogens is 541 g/mol. The van der Waals surface area contributed by atoms with Crippen molar-refractivity contribution in [1.82, 2.24) is 0 Å². The Kier molecular flexibility index (Phi) is 26.3. The average molecular weight is 606 g/mol. The maximum absolute atomic E-state index is 12.5. The van der Waals surface area contributed by atoms with E-state index in [1.54, 1.807) is 0 Å². The number of hydrogen-bond donors (Lipinski definition) is 0. The second kappa shape index (κ2) is 26.8. The van der Waals surface area contributed by atoms with Gasteiger partial charge in [-0.3, -0.25) is 9.36 Å². The van der Waals surface area contributed by atoms with E-state index in [2.05, 4.69) is 26.0 Å². The molecule has 0 saturated carbocycles. The Morgan fingerprint density at radius 3 is 1.88 bits per heavy atom. The molecule has 0 radical (unpaired) electrons. The Morgan fingerprint density at radius 1 is 0.732 bits per heavy atom. The van der Waals surface area contributed by atoms with Crippen LogP contribution >= 0.6 is 7.82 Å². The molecule has 0 aromatic heterocycles. The minimum absolute atomic E-state index is 0.0264. The van der Waals surface area contributed by atoms with Gasteiger partial charge in [0.05, 0.1) is 34.4 Å². The van der Waals surface area contributed by atoms with Crippen LogP contribution in [0.4, 0.5) is 0 Å². The van der Waals surface area contributed by atoms with Gasteiger partial charge in [-0.25, -0.2) is 0 Å². The lowest BCUT2D eigenvalue weighted by Crippen LogP contribution is -2.37. The van der Waals surface area contributed by atoms with Crippen molar-refractivity contribution < 1.29 is 37.3 Å². The molecule has 41 heavy (non-hydrogen) atoms. The van der Waals surface area contributed by atoms with E-state index in [4.69, 9.17) is 18.5 Å². The predicted octanol–water partition coefficient (Wildman–Crippen LogP) is 7.74. The van der Waals surface area contributed by atoms with Crippen LogP contribution in [0.25, 0.3) is 0 Å². The maximum Gasteiger partial charge on any atom is 0.306 e. The topological polar surface area (TPSA) is 94.1 Å². The van der Waals surface area contributed by atoms with Crippen LogP contribution in [0.1, 0.15) is 129 Å². The van der Waals surface area contributed by atoms with Crippen molar-refractivity contribution in [3.05, 3.63) is 12.2 Å². The van der Waals surface area contributed by atoms with Gasteiger partial charge in [-0.1, -0.05) is 96.6 Å². The highest BCUT2D eigenvalue weighted by Gasteiger charge is 2.20. The summed E-state index contributed by atoms with van der Waals surface area (Å²) < 4.78 is 34.1. The van der Waals surface area contributed by atoms with Crippen molar-refractivity contribution in [2.75, 3.05) is 54.1 Å². The molecule has 244 valence electrons. The largest absolute Gasteiger partial charge is 0.756 e. The fraction of sp³-hybridized carbons (Fsp3) is 0.906. The van der Waals surface area contributed by atoms with Gasteiger partial charge in [0.25, 0.3) is 7.82 Å². The fourth-order valence-electron chi connectivity index (χ4n) is 4.18. The van der Waals surface area contributed by atoms with E-state index < -0.39 is 13.9 Å². The number of ether oxygens (including phenoxy) is 2. The summed E-state index contributed by atoms with van der Waals surface area (Å²) in [6.45, 7) is 5.32. The third-order valence-electron chi connectivity index (χ3n) is 6.82. The van der Waals surface area contributed by atoms with Gasteiger partial charge in [-0.2, -0.15) is 0 Å². The highest BCUT2D eigenvalue weighted by Crippen LogP contribution is 2.38. The summed E-state index contributed by atoms with van der Waals surface area (Å²) in [5.74, 6) is -0.348. The fourth-order valence-corrected chi connectivity index (χ4v) is 4.91. The van der Waals surface area contributed by atoms with E-state index in [1.807, 2.05) is 21.1 Å². The molecular formula is C32H64NO7P. The monoisotopic (exact) mass is 605 g/mol. The number of phosphoric acid groups is 1. The molecule has 0 aliphatic heterocycles. The number of likely N-dealkylation sites (N-methyl/N-ethyl adjacent to an activating group) is 1. The molecule has 0 rings (SSSR count). The second-order valence-corrected chi connectivity index (χ2v) is 13.6. The summed E-state index contributed by atoms with van der Waals surface area (Å²) >= 11 is 0. The van der Waals surface area contributed by atoms with E-state index in [0.29, 0.717) is 24.1 Å². The van der Waals surface area contributed by atoms with Crippen LogP contribution < -0.4 is 4.89 Å². The SMILES string of the molecule is CCCCCC/C=C\CCCCCCCC(=O)OC(COCCCCCCCC)COP(=O)([O-])OCC[N+](C)(C)C. The molecule has 0 aromatic carbocycles. The third kappa shape index (κ3) is 30.5. The smallest absolute Gasteiger partial charge is 0.306 e. The summed E-state index contributed by atoms with van der Waals surface area (Å²) in [5.41, 5.74) is 0. The molecule has 0 amide bonds. The van der Waals surface area contributed by atoms with Crippen molar-refractivity contribution in [2.24, 2.45) is 0 Å². The molecule has 0 fully saturated rings. The van der Waals surface area contributed by atoms with Gasteiger partial charge in [0.1, 0.15) is 19.3 Å². The molecule has 0 saturated heterocycles. The number of unbranched alkanes of at least 4 members (excludes halogenated alkanes) is 14. The highest BCUT2D eigenvalue weighted by atomic mass is 31.2. The minimum atomic E-state index is -4.50. The predicted molar refractivity (Wildman–Crippen MR) is 167 cm³/mol. The lowest BCUT2D eigenvalue weighted by Gasteiger charge is -2.28. The van der Waals surface area contributed by atoms with Gasteiger partial charge < -0.3 is 27.9 Å². The van der Waals surface area contributed by atoms with Crippen molar-refractivity contribution in [2.45, 2.75) is 136 Å². The number of allylic oxidation sites excluding steroid dienone is 2. The summed E-state index contributed by atoms with van der Waals surface area (Å²) in [6, 6.07) is 0. The molecule has 0 bridgehead atoms. The molecule has 0 spiro atoms. The van der Waals surface area contributed by atoms with Crippen LogP contribution in [0.3, 0.4) is 0 Å². The Bertz CT molecular complexity index is 681. The van der Waals surface area contributed by atoms with Gasteiger partial charge in [0.15, 0.2) is 0 Å². The molecule has 2 atom stereocenters. The highest BCUT2D eigenvalue weighted by molar-refractivity contribution is 7.45. The summed E-state index contributed by atoms with van der Waals surface area (Å²) in [5, 5.41) is 0. The quantitative estimate of drug-likeness (QED) is 0.0272. The molecule has 2 unspecified atom stereocenters. The third-order valence-corrected chi connectivity index (χ3v) is 7.78. The summed E-state index contributed by atoms with van der Waals surface area (Å²) in [4.78, 5) is 24.7. The summed E-state index contributed by atoms with van der Waals surface area (Å²) in [6.07, 6.45) is 23.7. The van der Waals surface area contributed by atoms with Gasteiger partial charge >= 0.3 is 5.97 Å². The number of rotatable bonds is 30. The molecule has 9 heteroatoms. The zero-order chi connectivity index (χ0) is 30.7. The van der Waals surface area contributed by atoms with E-state index >= 15 is 0 Å². The standard InChI is InChI=1S/C32H64NO7P/c1-6-8-10-12-14-15-16-17-18-19-20-21-23-25-32(34)40-31(29-37-27-24-22-13-11-9-7-2)30-39-41(35,36)38-28-26-33(3,4)5/h15-16,31H,6-14,17-30H2,1-5H3/b16-15-. The molecule has 0 aromatic rings. The van der Waals surface area contributed by atoms with E-state index in [9.17, 15) is 14.3 Å². The maximum atomic E-state index is 12.5. The minimum Gasteiger partial charge on any atom is -0.756 e. The van der Waals surface area contributed by atoms with E-state index in [-0.39, 0.29) is 25.8 Å². The van der Waals surface area contributed by atoms with Crippen molar-refractivity contribution in [3.63, 3.8) is 0 Å². The van der Waals surface area contributed by atoms with Gasteiger partial charge in [0, 0.05) is 13.0 Å². The molecule has 0 aliphatic rings. The summed E-state index contributed by atoms with van der Waals surface area (Å²) in [7, 11) is 1.35. The number of esters is 1. The number of quaternary nitrogens is 1. The van der Waals surface area contributed by atoms with Crippen molar-refractivity contribution in [3.8, 4) is 0 Å². The first-order valence-corrected chi connectivity index (χ1v) is 17.9. The van der Waals surface area contributed by atoms with Gasteiger partial charge in [0.2, 0.25) is 0 Å². The average Bonchev–Trinajstić information content (AvgIpc) is 2.90. The molecule has 0 N–H and O–H groups in total. The van der Waals surface area contributed by atoms with Crippen LogP contribution in [-0.4, -0.2) is 70.7 Å². The Morgan fingerprint density at radius 2 is 1.27 bits per heavy atom. The first-order valence-electron chi connectivity index (χ1n) is 16.4. The first-order chi connectivity index (χ1) is 19.6. The van der Waals surface area contributed by atoms with Gasteiger partial charge in [-0.05, 0) is 38.5 Å². The van der Waals surface area contributed by atoms with Crippen LogP contribution in [0.5, 0.6) is 0 Å².